The molecule has 0 aromatic rings. The Morgan fingerprint density at radius 3 is 2.64 bits per heavy atom. The molecule has 6 unspecified atom stereocenters. The molecule has 2 nitrogen and oxygen atoms in total. The van der Waals surface area contributed by atoms with E-state index in [-0.39, 0.29) is 16.9 Å². The number of aliphatic hydroxyl groups is 1. The zero-order chi connectivity index (χ0) is 15.7. The largest absolute Gasteiger partial charge is 0.393 e. The van der Waals surface area contributed by atoms with Gasteiger partial charge in [-0.3, -0.25) is 4.79 Å². The summed E-state index contributed by atoms with van der Waals surface area (Å²) in [7, 11) is 0. The summed E-state index contributed by atoms with van der Waals surface area (Å²) in [6, 6.07) is 0. The van der Waals surface area contributed by atoms with Gasteiger partial charge in [0, 0.05) is 5.41 Å². The fourth-order valence-corrected chi connectivity index (χ4v) is 6.38. The third-order valence-corrected chi connectivity index (χ3v) is 7.77. The number of carbonyl (C=O) groups is 1. The van der Waals surface area contributed by atoms with E-state index < -0.39 is 0 Å². The molecule has 0 amide bonds. The Hall–Kier alpha value is -0.890. The van der Waals surface area contributed by atoms with Crippen molar-refractivity contribution in [3.05, 3.63) is 23.8 Å². The molecule has 4 aliphatic carbocycles. The van der Waals surface area contributed by atoms with E-state index in [0.717, 1.165) is 44.1 Å². The molecular formula is C20H28O2. The van der Waals surface area contributed by atoms with Crippen molar-refractivity contribution in [2.75, 3.05) is 0 Å². The molecule has 22 heavy (non-hydrogen) atoms. The van der Waals surface area contributed by atoms with Crippen LogP contribution in [-0.2, 0) is 4.79 Å². The fourth-order valence-electron chi connectivity index (χ4n) is 6.38. The lowest BCUT2D eigenvalue weighted by Crippen LogP contribution is -2.50. The number of carbonyl (C=O) groups excluding carboxylic acids is 1. The number of Topliss-reactive ketones (excluding diaryl/α,β-unsaturated/α-hetero) is 1. The molecule has 4 rings (SSSR count). The van der Waals surface area contributed by atoms with Crippen LogP contribution in [0.2, 0.25) is 0 Å². The van der Waals surface area contributed by atoms with Gasteiger partial charge in [0.05, 0.1) is 6.10 Å². The maximum Gasteiger partial charge on any atom is 0.164 e. The Bertz CT molecular complexity index is 574. The van der Waals surface area contributed by atoms with Crippen LogP contribution in [0.5, 0.6) is 0 Å². The van der Waals surface area contributed by atoms with E-state index in [1.54, 1.807) is 0 Å². The second kappa shape index (κ2) is 4.56. The van der Waals surface area contributed by atoms with Gasteiger partial charge in [-0.25, -0.2) is 0 Å². The summed E-state index contributed by atoms with van der Waals surface area (Å²) in [6.45, 7) is 8.67. The quantitative estimate of drug-likeness (QED) is 0.541. The van der Waals surface area contributed by atoms with Crippen molar-refractivity contribution in [3.8, 4) is 0 Å². The molecule has 0 heterocycles. The molecule has 0 aromatic carbocycles. The van der Waals surface area contributed by atoms with E-state index in [1.165, 1.54) is 12.0 Å². The minimum Gasteiger partial charge on any atom is -0.393 e. The fraction of sp³-hybridized carbons (Fsp3) is 0.750. The first-order valence-electron chi connectivity index (χ1n) is 8.96. The number of rotatable bonds is 0. The monoisotopic (exact) mass is 300 g/mol. The third kappa shape index (κ3) is 1.73. The molecule has 6 atom stereocenters. The minimum atomic E-state index is -0.145. The van der Waals surface area contributed by atoms with Gasteiger partial charge in [0.25, 0.3) is 0 Å². The number of ketones is 1. The zero-order valence-electron chi connectivity index (χ0n) is 13.9. The van der Waals surface area contributed by atoms with Crippen molar-refractivity contribution in [2.45, 2.75) is 64.9 Å². The van der Waals surface area contributed by atoms with Crippen LogP contribution in [0.3, 0.4) is 0 Å². The van der Waals surface area contributed by atoms with Crippen LogP contribution >= 0.6 is 0 Å². The molecule has 1 N–H and O–H groups in total. The average molecular weight is 300 g/mol. The van der Waals surface area contributed by atoms with Gasteiger partial charge in [0.2, 0.25) is 0 Å². The Labute approximate surface area is 133 Å². The highest BCUT2D eigenvalue weighted by Gasteiger charge is 2.59. The number of allylic oxidation sites excluding steroid dienone is 2. The summed E-state index contributed by atoms with van der Waals surface area (Å²) in [5, 5.41) is 10.0. The van der Waals surface area contributed by atoms with Crippen molar-refractivity contribution in [1.82, 2.24) is 0 Å². The molecule has 120 valence electrons. The Balaban J connectivity index is 1.71. The molecule has 0 bridgehead atoms. The van der Waals surface area contributed by atoms with Gasteiger partial charge in [-0.1, -0.05) is 32.1 Å². The minimum absolute atomic E-state index is 0.141. The second-order valence-electron chi connectivity index (χ2n) is 8.75. The van der Waals surface area contributed by atoms with Gasteiger partial charge < -0.3 is 5.11 Å². The Morgan fingerprint density at radius 1 is 1.14 bits per heavy atom. The van der Waals surface area contributed by atoms with Crippen LogP contribution in [0.15, 0.2) is 23.8 Å². The van der Waals surface area contributed by atoms with Gasteiger partial charge in [-0.2, -0.15) is 0 Å². The number of hydrogen-bond donors (Lipinski definition) is 1. The van der Waals surface area contributed by atoms with Crippen LogP contribution in [-0.4, -0.2) is 17.0 Å². The summed E-state index contributed by atoms with van der Waals surface area (Å²) in [5.74, 6) is 2.16. The van der Waals surface area contributed by atoms with E-state index >= 15 is 0 Å². The van der Waals surface area contributed by atoms with E-state index in [1.807, 2.05) is 0 Å². The predicted octanol–water partition coefficient (Wildman–Crippen LogP) is 4.05. The van der Waals surface area contributed by atoms with E-state index in [2.05, 4.69) is 26.5 Å². The number of hydrogen-bond acceptors (Lipinski definition) is 2. The molecule has 0 saturated heterocycles. The van der Waals surface area contributed by atoms with Gasteiger partial charge in [0.1, 0.15) is 0 Å². The van der Waals surface area contributed by atoms with E-state index in [0.29, 0.717) is 23.5 Å². The molecule has 3 saturated carbocycles. The lowest BCUT2D eigenvalue weighted by molar-refractivity contribution is -0.130. The van der Waals surface area contributed by atoms with Crippen LogP contribution < -0.4 is 0 Å². The predicted molar refractivity (Wildman–Crippen MR) is 87.2 cm³/mol. The Kier molecular flexibility index (Phi) is 3.05. The highest BCUT2D eigenvalue weighted by atomic mass is 16.3. The van der Waals surface area contributed by atoms with Gasteiger partial charge >= 0.3 is 0 Å². The van der Waals surface area contributed by atoms with Crippen molar-refractivity contribution in [1.29, 1.82) is 0 Å². The maximum absolute atomic E-state index is 12.6. The molecule has 4 aliphatic rings. The van der Waals surface area contributed by atoms with Crippen molar-refractivity contribution in [3.63, 3.8) is 0 Å². The van der Waals surface area contributed by atoms with Crippen LogP contribution in [0, 0.1) is 28.6 Å². The van der Waals surface area contributed by atoms with Crippen molar-refractivity contribution in [2.24, 2.45) is 28.6 Å². The lowest BCUT2D eigenvalue weighted by atomic mass is 9.48. The molecule has 0 aliphatic heterocycles. The standard InChI is InChI=1S/C20H28O2/c1-12-10-17-15-5-4-13-11-14(21)6-8-19(13,2)16(15)7-9-20(17,3)18(12)22/h4,14-17,21H,1,5-11H2,2-3H3. The molecule has 0 spiro atoms. The van der Waals surface area contributed by atoms with Gasteiger partial charge in [0.15, 0.2) is 5.78 Å². The second-order valence-corrected chi connectivity index (χ2v) is 8.75. The van der Waals surface area contributed by atoms with Crippen molar-refractivity contribution < 1.29 is 9.90 Å². The molecule has 0 aromatic heterocycles. The highest BCUT2D eigenvalue weighted by Crippen LogP contribution is 2.64. The zero-order valence-corrected chi connectivity index (χ0v) is 13.9. The summed E-state index contributed by atoms with van der Waals surface area (Å²) in [6.07, 6.45) is 9.40. The van der Waals surface area contributed by atoms with Crippen molar-refractivity contribution >= 4 is 5.78 Å². The van der Waals surface area contributed by atoms with Crippen LogP contribution in [0.4, 0.5) is 0 Å². The molecule has 3 fully saturated rings. The molecule has 2 heteroatoms. The number of fused-ring (bicyclic) bond motifs is 5. The van der Waals surface area contributed by atoms with Crippen LogP contribution in [0.1, 0.15) is 58.8 Å². The third-order valence-electron chi connectivity index (χ3n) is 7.77. The van der Waals surface area contributed by atoms with Gasteiger partial charge in [-0.05, 0) is 73.7 Å². The number of aliphatic hydroxyl groups excluding tert-OH is 1. The summed E-state index contributed by atoms with van der Waals surface area (Å²) in [5.41, 5.74) is 2.48. The summed E-state index contributed by atoms with van der Waals surface area (Å²) < 4.78 is 0. The topological polar surface area (TPSA) is 37.3 Å². The summed E-state index contributed by atoms with van der Waals surface area (Å²) in [4.78, 5) is 12.6. The first-order chi connectivity index (χ1) is 10.4. The van der Waals surface area contributed by atoms with E-state index in [4.69, 9.17) is 0 Å². The first kappa shape index (κ1) is 14.7. The highest BCUT2D eigenvalue weighted by molar-refractivity contribution is 6.02. The van der Waals surface area contributed by atoms with Crippen LogP contribution in [0.25, 0.3) is 0 Å². The Morgan fingerprint density at radius 2 is 1.86 bits per heavy atom. The average Bonchev–Trinajstić information content (AvgIpc) is 2.72. The normalized spacial score (nSPS) is 51.0. The van der Waals surface area contributed by atoms with E-state index in [9.17, 15) is 9.90 Å². The maximum atomic E-state index is 12.6. The SMILES string of the molecule is C=C1CC2C3CC=C4CC(O)CCC4(C)C3CCC2(C)C1=O. The lowest BCUT2D eigenvalue weighted by Gasteiger charge is -2.56. The molecule has 0 radical (unpaired) electrons. The first-order valence-corrected chi connectivity index (χ1v) is 8.96. The molecular weight excluding hydrogens is 272 g/mol. The van der Waals surface area contributed by atoms with Gasteiger partial charge in [-0.15, -0.1) is 0 Å². The summed E-state index contributed by atoms with van der Waals surface area (Å²) >= 11 is 0. The smallest absolute Gasteiger partial charge is 0.164 e.